The zero-order valence-corrected chi connectivity index (χ0v) is 28.3. The number of benzene rings is 1. The Balaban J connectivity index is 1.85. The topological polar surface area (TPSA) is 77.5 Å². The third-order valence-corrected chi connectivity index (χ3v) is 14.5. The predicted molar refractivity (Wildman–Crippen MR) is 166 cm³/mol. The van der Waals surface area contributed by atoms with Gasteiger partial charge in [-0.05, 0) is 43.6 Å². The summed E-state index contributed by atoms with van der Waals surface area (Å²) in [6, 6.07) is 3.92. The molecule has 1 aromatic carbocycles. The van der Waals surface area contributed by atoms with Crippen molar-refractivity contribution in [1.82, 2.24) is 4.90 Å². The van der Waals surface area contributed by atoms with Crippen LogP contribution in [0.25, 0.3) is 0 Å². The second-order valence-electron chi connectivity index (χ2n) is 13.5. The summed E-state index contributed by atoms with van der Waals surface area (Å²) in [6.07, 6.45) is 3.25. The molecule has 1 fully saturated rings. The van der Waals surface area contributed by atoms with Crippen molar-refractivity contribution in [2.45, 2.75) is 90.4 Å². The molecule has 0 N–H and O–H groups in total. The van der Waals surface area contributed by atoms with E-state index >= 15 is 0 Å². The van der Waals surface area contributed by atoms with Crippen LogP contribution in [0.15, 0.2) is 23.8 Å². The minimum atomic E-state index is -1.83. The second-order valence-corrected chi connectivity index (χ2v) is 24.0. The van der Waals surface area contributed by atoms with Gasteiger partial charge in [0.2, 0.25) is 0 Å². The van der Waals surface area contributed by atoms with E-state index in [1.807, 2.05) is 13.0 Å². The van der Waals surface area contributed by atoms with Gasteiger partial charge in [-0.15, -0.1) is 0 Å². The molecule has 0 unspecified atom stereocenters. The summed E-state index contributed by atoms with van der Waals surface area (Å²) < 4.78 is 24.1. The average molecular weight is 591 g/mol. The molecule has 1 atom stereocenters. The van der Waals surface area contributed by atoms with Gasteiger partial charge in [0.1, 0.15) is 12.8 Å². The molecule has 224 valence electrons. The van der Waals surface area contributed by atoms with E-state index in [1.165, 1.54) is 0 Å². The highest BCUT2D eigenvalue weighted by Crippen LogP contribution is 2.41. The van der Waals surface area contributed by atoms with E-state index in [-0.39, 0.29) is 23.6 Å². The molecule has 0 radical (unpaired) electrons. The van der Waals surface area contributed by atoms with Crippen molar-refractivity contribution < 1.29 is 28.2 Å². The molecule has 2 amide bonds. The second kappa shape index (κ2) is 12.8. The van der Waals surface area contributed by atoms with Crippen LogP contribution in [0, 0.1) is 0 Å². The lowest BCUT2D eigenvalue weighted by atomic mass is 10.1. The summed E-state index contributed by atoms with van der Waals surface area (Å²) in [5, 5.41) is 0.149. The Morgan fingerprint density at radius 3 is 2.33 bits per heavy atom. The average Bonchev–Trinajstić information content (AvgIpc) is 3.28. The summed E-state index contributed by atoms with van der Waals surface area (Å²) in [5.74, 6) is 0.657. The van der Waals surface area contributed by atoms with Gasteiger partial charge in [-0.3, -0.25) is 14.5 Å². The first-order chi connectivity index (χ1) is 18.6. The van der Waals surface area contributed by atoms with Gasteiger partial charge in [0.25, 0.3) is 11.8 Å². The maximum atomic E-state index is 13.9. The first-order valence-corrected chi connectivity index (χ1v) is 21.0. The highest BCUT2D eigenvalue weighted by molar-refractivity contribution is 6.76. The Morgan fingerprint density at radius 1 is 1.02 bits per heavy atom. The molecule has 0 bridgehead atoms. The molecule has 0 saturated carbocycles. The number of fused-ring (bicyclic) bond motifs is 2. The van der Waals surface area contributed by atoms with Crippen molar-refractivity contribution in [2.75, 3.05) is 45.1 Å². The van der Waals surface area contributed by atoms with E-state index in [9.17, 15) is 9.59 Å². The number of nitrogens with zero attached hydrogens (tertiary/aromatic N) is 2. The number of carbonyl (C=O) groups is 2. The first kappa shape index (κ1) is 32.4. The molecular formula is C30H50N2O6Si2. The van der Waals surface area contributed by atoms with Crippen molar-refractivity contribution in [1.29, 1.82) is 0 Å². The van der Waals surface area contributed by atoms with E-state index in [4.69, 9.17) is 18.6 Å². The monoisotopic (exact) mass is 590 g/mol. The number of rotatable bonds is 12. The number of allylic oxidation sites excluding steroid dienone is 1. The Labute approximate surface area is 243 Å². The van der Waals surface area contributed by atoms with Gasteiger partial charge in [-0.25, -0.2) is 0 Å². The Kier molecular flexibility index (Phi) is 10.4. The molecule has 0 spiro atoms. The third kappa shape index (κ3) is 7.57. The normalized spacial score (nSPS) is 19.1. The lowest BCUT2D eigenvalue weighted by Gasteiger charge is -2.36. The number of hydrogen-bond acceptors (Lipinski definition) is 6. The zero-order valence-electron chi connectivity index (χ0n) is 26.3. The number of carbonyl (C=O) groups excluding carboxylic acids is 2. The molecular weight excluding hydrogens is 541 g/mol. The van der Waals surface area contributed by atoms with Gasteiger partial charge in [0.15, 0.2) is 19.8 Å². The van der Waals surface area contributed by atoms with Crippen LogP contribution in [0.3, 0.4) is 0 Å². The van der Waals surface area contributed by atoms with Crippen LogP contribution in [-0.2, 0) is 14.0 Å². The van der Waals surface area contributed by atoms with Crippen molar-refractivity contribution in [2.24, 2.45) is 0 Å². The molecule has 2 aliphatic heterocycles. The minimum absolute atomic E-state index is 0.0885. The molecule has 2 aliphatic rings. The fourth-order valence-corrected chi connectivity index (χ4v) is 6.36. The van der Waals surface area contributed by atoms with Gasteiger partial charge in [-0.1, -0.05) is 52.1 Å². The van der Waals surface area contributed by atoms with Crippen LogP contribution >= 0.6 is 0 Å². The van der Waals surface area contributed by atoms with Crippen LogP contribution in [0.2, 0.25) is 43.8 Å². The highest BCUT2D eigenvalue weighted by atomic mass is 28.4. The summed E-state index contributed by atoms with van der Waals surface area (Å²) in [7, 11) is -1.56. The summed E-state index contributed by atoms with van der Waals surface area (Å²) in [5.41, 5.74) is 2.02. The van der Waals surface area contributed by atoms with Crippen LogP contribution in [0.1, 0.15) is 50.9 Å². The number of methoxy groups -OCH3 is 1. The molecule has 10 heteroatoms. The zero-order chi connectivity index (χ0) is 29.9. The molecule has 1 aromatic rings. The molecule has 8 nitrogen and oxygen atoms in total. The van der Waals surface area contributed by atoms with Crippen LogP contribution < -0.4 is 14.4 Å². The maximum Gasteiger partial charge on any atom is 0.257 e. The van der Waals surface area contributed by atoms with Crippen LogP contribution in [-0.4, -0.2) is 79.4 Å². The Bertz CT molecular complexity index is 1110. The molecule has 2 heterocycles. The minimum Gasteiger partial charge on any atom is -0.493 e. The lowest BCUT2D eigenvalue weighted by molar-refractivity contribution is -0.123. The van der Waals surface area contributed by atoms with Gasteiger partial charge < -0.3 is 23.5 Å². The van der Waals surface area contributed by atoms with Gasteiger partial charge in [0.05, 0.1) is 25.0 Å². The van der Waals surface area contributed by atoms with E-state index in [0.717, 1.165) is 18.0 Å². The summed E-state index contributed by atoms with van der Waals surface area (Å²) in [4.78, 5) is 30.9. The van der Waals surface area contributed by atoms with E-state index in [1.54, 1.807) is 29.0 Å². The highest BCUT2D eigenvalue weighted by Gasteiger charge is 2.44. The molecule has 40 heavy (non-hydrogen) atoms. The third-order valence-electron chi connectivity index (χ3n) is 8.26. The predicted octanol–water partition coefficient (Wildman–Crippen LogP) is 6.31. The number of hydrogen-bond donors (Lipinski definition) is 0. The molecule has 3 rings (SSSR count). The first-order valence-electron chi connectivity index (χ1n) is 14.4. The smallest absolute Gasteiger partial charge is 0.257 e. The number of amides is 2. The summed E-state index contributed by atoms with van der Waals surface area (Å²) in [6.45, 7) is 22.1. The fourth-order valence-electron chi connectivity index (χ4n) is 4.52. The fraction of sp³-hybridized carbons (Fsp3) is 0.667. The van der Waals surface area contributed by atoms with Gasteiger partial charge in [0, 0.05) is 40.3 Å². The van der Waals surface area contributed by atoms with Crippen molar-refractivity contribution in [3.8, 4) is 11.5 Å². The SMILES string of the molecule is C/C=C1/C[C@H]2C(=O)N(COCC[Si](C)(C)C)c3cc(OCCCO[Si](C)(C)C(C)(C)C)c(OC)cc3C(=O)N2C1. The van der Waals surface area contributed by atoms with Crippen LogP contribution in [0.4, 0.5) is 5.69 Å². The van der Waals surface area contributed by atoms with Crippen molar-refractivity contribution in [3.05, 3.63) is 29.3 Å². The standard InChI is InChI=1S/C30H50N2O6Si2/c1-11-22-17-25-29(34)32(21-36-15-16-39(6,7)8)24-19-27(26(35-5)18-23(24)28(33)31(25)20-22)37-13-12-14-38-40(9,10)30(2,3)4/h11,18-19,25H,12-17,20-21H2,1-10H3/b22-11-/t25-/m0/s1. The van der Waals surface area contributed by atoms with E-state index < -0.39 is 22.4 Å². The van der Waals surface area contributed by atoms with Crippen molar-refractivity contribution in [3.63, 3.8) is 0 Å². The van der Waals surface area contributed by atoms with Crippen LogP contribution in [0.5, 0.6) is 11.5 Å². The van der Waals surface area contributed by atoms with E-state index in [2.05, 4.69) is 53.5 Å². The van der Waals surface area contributed by atoms with E-state index in [0.29, 0.717) is 55.5 Å². The summed E-state index contributed by atoms with van der Waals surface area (Å²) >= 11 is 0. The largest absolute Gasteiger partial charge is 0.493 e. The Morgan fingerprint density at radius 2 is 1.73 bits per heavy atom. The lowest BCUT2D eigenvalue weighted by Crippen LogP contribution is -2.45. The van der Waals surface area contributed by atoms with Gasteiger partial charge >= 0.3 is 0 Å². The Hall–Kier alpha value is -2.15. The number of ether oxygens (including phenoxy) is 3. The quantitative estimate of drug-likeness (QED) is 0.161. The number of anilines is 1. The molecule has 0 aromatic heterocycles. The maximum absolute atomic E-state index is 13.9. The molecule has 0 aliphatic carbocycles. The van der Waals surface area contributed by atoms with Gasteiger partial charge in [-0.2, -0.15) is 0 Å². The van der Waals surface area contributed by atoms with Crippen molar-refractivity contribution >= 4 is 33.9 Å². The molecule has 1 saturated heterocycles.